The minimum atomic E-state index is -4.69. The van der Waals surface area contributed by atoms with Gasteiger partial charge in [0.1, 0.15) is 0 Å². The zero-order valence-electron chi connectivity index (χ0n) is 14.3. The zero-order valence-corrected chi connectivity index (χ0v) is 15.9. The largest absolute Gasteiger partial charge is 0.416 e. The standard InChI is InChI=1S/C18H14ClF6NOS/c1-2-28-15-4-3-12(17(20,21)22)6-11(15)9-26-16(27)10-5-13(18(23,24)25)8-14(19)7-10/h3-8H,2,9H2,1H3,(H,26,27). The molecule has 0 spiro atoms. The monoisotopic (exact) mass is 441 g/mol. The maximum atomic E-state index is 12.9. The fraction of sp³-hybridized carbons (Fsp3) is 0.278. The molecule has 0 aliphatic heterocycles. The van der Waals surface area contributed by atoms with Crippen LogP contribution in [0, 0.1) is 0 Å². The molecule has 0 unspecified atom stereocenters. The van der Waals surface area contributed by atoms with Crippen molar-refractivity contribution < 1.29 is 31.1 Å². The van der Waals surface area contributed by atoms with Gasteiger partial charge in [-0.25, -0.2) is 0 Å². The van der Waals surface area contributed by atoms with E-state index in [0.29, 0.717) is 22.8 Å². The minimum absolute atomic E-state index is 0.216. The van der Waals surface area contributed by atoms with Crippen LogP contribution in [0.3, 0.4) is 0 Å². The van der Waals surface area contributed by atoms with Gasteiger partial charge in [-0.2, -0.15) is 26.3 Å². The molecule has 2 aromatic carbocycles. The number of hydrogen-bond acceptors (Lipinski definition) is 2. The summed E-state index contributed by atoms with van der Waals surface area (Å²) in [6.45, 7) is 1.54. The lowest BCUT2D eigenvalue weighted by atomic mass is 10.1. The van der Waals surface area contributed by atoms with E-state index in [1.54, 1.807) is 0 Å². The lowest BCUT2D eigenvalue weighted by Gasteiger charge is -2.14. The molecule has 0 bridgehead atoms. The molecule has 2 aromatic rings. The molecule has 0 radical (unpaired) electrons. The van der Waals surface area contributed by atoms with Crippen molar-refractivity contribution in [2.45, 2.75) is 30.7 Å². The number of nitrogens with one attached hydrogen (secondary N) is 1. The van der Waals surface area contributed by atoms with Gasteiger partial charge in [0.15, 0.2) is 0 Å². The summed E-state index contributed by atoms with van der Waals surface area (Å²) >= 11 is 6.93. The molecule has 152 valence electrons. The predicted molar refractivity (Wildman–Crippen MR) is 95.5 cm³/mol. The highest BCUT2D eigenvalue weighted by Gasteiger charge is 2.32. The summed E-state index contributed by atoms with van der Waals surface area (Å²) in [5, 5.41) is 2.08. The van der Waals surface area contributed by atoms with Gasteiger partial charge in [0.25, 0.3) is 5.91 Å². The van der Waals surface area contributed by atoms with Crippen molar-refractivity contribution in [1.29, 1.82) is 0 Å². The third kappa shape index (κ3) is 5.81. The predicted octanol–water partition coefficient (Wildman–Crippen LogP) is 6.42. The van der Waals surface area contributed by atoms with E-state index in [1.807, 2.05) is 6.92 Å². The van der Waals surface area contributed by atoms with E-state index in [0.717, 1.165) is 18.2 Å². The molecule has 1 amide bonds. The van der Waals surface area contributed by atoms with E-state index in [4.69, 9.17) is 11.6 Å². The van der Waals surface area contributed by atoms with E-state index in [9.17, 15) is 31.1 Å². The summed E-state index contributed by atoms with van der Waals surface area (Å²) in [6.07, 6.45) is -9.24. The van der Waals surface area contributed by atoms with Crippen LogP contribution in [0.2, 0.25) is 5.02 Å². The van der Waals surface area contributed by atoms with E-state index < -0.39 is 29.4 Å². The fourth-order valence-corrected chi connectivity index (χ4v) is 3.38. The first-order valence-electron chi connectivity index (χ1n) is 7.90. The number of carbonyl (C=O) groups is 1. The van der Waals surface area contributed by atoms with Gasteiger partial charge in [-0.3, -0.25) is 4.79 Å². The Hall–Kier alpha value is -1.87. The first-order chi connectivity index (χ1) is 12.9. The first-order valence-corrected chi connectivity index (χ1v) is 9.27. The number of halogens is 7. The highest BCUT2D eigenvalue weighted by atomic mass is 35.5. The topological polar surface area (TPSA) is 29.1 Å². The molecule has 0 aliphatic carbocycles. The summed E-state index contributed by atoms with van der Waals surface area (Å²) in [6, 6.07) is 5.53. The molecule has 0 saturated heterocycles. The SMILES string of the molecule is CCSc1ccc(C(F)(F)F)cc1CNC(=O)c1cc(Cl)cc(C(F)(F)F)c1. The average molecular weight is 442 g/mol. The Morgan fingerprint density at radius 2 is 1.64 bits per heavy atom. The quantitative estimate of drug-likeness (QED) is 0.428. The van der Waals surface area contributed by atoms with Crippen LogP contribution >= 0.6 is 23.4 Å². The zero-order chi connectivity index (χ0) is 21.1. The van der Waals surface area contributed by atoms with Crippen molar-refractivity contribution in [3.05, 3.63) is 63.7 Å². The maximum absolute atomic E-state index is 12.9. The second-order valence-corrected chi connectivity index (χ2v) is 7.40. The molecule has 0 fully saturated rings. The Morgan fingerprint density at radius 3 is 2.21 bits per heavy atom. The van der Waals surface area contributed by atoms with Gasteiger partial charge in [0.05, 0.1) is 11.1 Å². The normalized spacial score (nSPS) is 12.1. The van der Waals surface area contributed by atoms with Gasteiger partial charge < -0.3 is 5.32 Å². The molecular weight excluding hydrogens is 428 g/mol. The highest BCUT2D eigenvalue weighted by molar-refractivity contribution is 7.99. The van der Waals surface area contributed by atoms with Crippen LogP contribution in [0.1, 0.15) is 34.0 Å². The Balaban J connectivity index is 2.26. The molecule has 0 heterocycles. The second-order valence-electron chi connectivity index (χ2n) is 5.66. The summed E-state index contributed by atoms with van der Waals surface area (Å²) in [5.41, 5.74) is -2.09. The van der Waals surface area contributed by atoms with Crippen molar-refractivity contribution >= 4 is 29.3 Å². The summed E-state index contributed by atoms with van der Waals surface area (Å²) < 4.78 is 77.4. The molecule has 2 nitrogen and oxygen atoms in total. The Bertz CT molecular complexity index is 866. The smallest absolute Gasteiger partial charge is 0.348 e. The molecule has 0 saturated carbocycles. The van der Waals surface area contributed by atoms with Gasteiger partial charge in [-0.1, -0.05) is 18.5 Å². The van der Waals surface area contributed by atoms with Gasteiger partial charge in [-0.15, -0.1) is 11.8 Å². The number of amides is 1. The Morgan fingerprint density at radius 1 is 1.00 bits per heavy atom. The second kappa shape index (κ2) is 8.65. The van der Waals surface area contributed by atoms with Crippen LogP contribution in [0.15, 0.2) is 41.3 Å². The first kappa shape index (κ1) is 22.4. The molecule has 2 rings (SSSR count). The van der Waals surface area contributed by atoms with Crippen molar-refractivity contribution in [1.82, 2.24) is 5.32 Å². The van der Waals surface area contributed by atoms with Gasteiger partial charge in [0.2, 0.25) is 0 Å². The van der Waals surface area contributed by atoms with Crippen LogP contribution in [0.4, 0.5) is 26.3 Å². The molecule has 0 aliphatic rings. The Labute approximate surface area is 166 Å². The van der Waals surface area contributed by atoms with Gasteiger partial charge in [0, 0.05) is 22.0 Å². The summed E-state index contributed by atoms with van der Waals surface area (Å²) in [7, 11) is 0. The maximum Gasteiger partial charge on any atom is 0.416 e. The van der Waals surface area contributed by atoms with Crippen molar-refractivity contribution in [3.8, 4) is 0 Å². The fourth-order valence-electron chi connectivity index (χ4n) is 2.35. The van der Waals surface area contributed by atoms with E-state index >= 15 is 0 Å². The molecule has 0 atom stereocenters. The molecule has 0 aromatic heterocycles. The number of hydrogen-bond donors (Lipinski definition) is 1. The van der Waals surface area contributed by atoms with E-state index in [1.165, 1.54) is 17.8 Å². The Kier molecular flexibility index (Phi) is 6.93. The van der Waals surface area contributed by atoms with Crippen molar-refractivity contribution in [3.63, 3.8) is 0 Å². The third-order valence-electron chi connectivity index (χ3n) is 3.61. The summed E-state index contributed by atoms with van der Waals surface area (Å²) in [5.74, 6) is -0.284. The third-order valence-corrected chi connectivity index (χ3v) is 4.83. The lowest BCUT2D eigenvalue weighted by molar-refractivity contribution is -0.138. The van der Waals surface area contributed by atoms with Gasteiger partial charge in [-0.05, 0) is 47.7 Å². The van der Waals surface area contributed by atoms with E-state index in [2.05, 4.69) is 5.32 Å². The number of thioether (sulfide) groups is 1. The van der Waals surface area contributed by atoms with Crippen LogP contribution in [-0.4, -0.2) is 11.7 Å². The molecule has 28 heavy (non-hydrogen) atoms. The highest BCUT2D eigenvalue weighted by Crippen LogP contribution is 2.34. The lowest BCUT2D eigenvalue weighted by Crippen LogP contribution is -2.24. The van der Waals surface area contributed by atoms with Crippen molar-refractivity contribution in [2.24, 2.45) is 0 Å². The van der Waals surface area contributed by atoms with Crippen LogP contribution < -0.4 is 5.32 Å². The van der Waals surface area contributed by atoms with Crippen LogP contribution in [0.25, 0.3) is 0 Å². The van der Waals surface area contributed by atoms with Crippen LogP contribution in [-0.2, 0) is 18.9 Å². The number of benzene rings is 2. The van der Waals surface area contributed by atoms with Crippen molar-refractivity contribution in [2.75, 3.05) is 5.75 Å². The summed E-state index contributed by atoms with van der Waals surface area (Å²) in [4.78, 5) is 12.8. The van der Waals surface area contributed by atoms with E-state index in [-0.39, 0.29) is 22.7 Å². The number of alkyl halides is 6. The molecular formula is C18H14ClF6NOS. The molecule has 1 N–H and O–H groups in total. The number of rotatable bonds is 5. The molecule has 10 heteroatoms. The van der Waals surface area contributed by atoms with Crippen LogP contribution in [0.5, 0.6) is 0 Å². The minimum Gasteiger partial charge on any atom is -0.348 e. The average Bonchev–Trinajstić information content (AvgIpc) is 2.58. The van der Waals surface area contributed by atoms with Gasteiger partial charge >= 0.3 is 12.4 Å². The number of carbonyl (C=O) groups excluding carboxylic acids is 1.